The fourth-order valence-electron chi connectivity index (χ4n) is 1.74. The molecule has 0 aliphatic carbocycles. The Kier molecular flexibility index (Phi) is 4.48. The second kappa shape index (κ2) is 6.05. The number of carbonyl (C=O) groups is 1. The van der Waals surface area contributed by atoms with E-state index in [-0.39, 0.29) is 0 Å². The molecule has 4 N–H and O–H groups in total. The third-order valence-corrected chi connectivity index (χ3v) is 4.65. The summed E-state index contributed by atoms with van der Waals surface area (Å²) in [6.45, 7) is 0. The van der Waals surface area contributed by atoms with E-state index in [0.29, 0.717) is 16.6 Å². The Morgan fingerprint density at radius 2 is 1.83 bits per heavy atom. The number of hydrogen-bond donors (Lipinski definition) is 4. The van der Waals surface area contributed by atoms with E-state index >= 15 is 0 Å². The number of phenols is 2. The number of carboxylic acids is 1. The largest absolute Gasteiger partial charge is 0.507 e. The van der Waals surface area contributed by atoms with Gasteiger partial charge < -0.3 is 15.3 Å². The standard InChI is InChI=1S/C13H9BrFNO6S/c14-6-1-2-10(17)11(3-6)23(21,22)16-9-5-7(15)4-8(12(9)18)13(19)20/h1-5,16-18H,(H,19,20). The van der Waals surface area contributed by atoms with Crippen molar-refractivity contribution in [2.75, 3.05) is 4.72 Å². The van der Waals surface area contributed by atoms with E-state index in [1.54, 1.807) is 0 Å². The molecule has 7 nitrogen and oxygen atoms in total. The second-order valence-corrected chi connectivity index (χ2v) is 6.94. The molecule has 2 aromatic rings. The Balaban J connectivity index is 2.54. The van der Waals surface area contributed by atoms with Crippen LogP contribution in [0, 0.1) is 5.82 Å². The Hall–Kier alpha value is -2.33. The maximum atomic E-state index is 13.4. The van der Waals surface area contributed by atoms with Crippen LogP contribution in [0.3, 0.4) is 0 Å². The molecule has 122 valence electrons. The van der Waals surface area contributed by atoms with E-state index in [2.05, 4.69) is 15.9 Å². The average Bonchev–Trinajstić information content (AvgIpc) is 2.44. The topological polar surface area (TPSA) is 124 Å². The highest BCUT2D eigenvalue weighted by molar-refractivity contribution is 9.10. The molecular weight excluding hydrogens is 397 g/mol. The summed E-state index contributed by atoms with van der Waals surface area (Å²) in [4.78, 5) is 10.4. The fraction of sp³-hybridized carbons (Fsp3) is 0. The highest BCUT2D eigenvalue weighted by atomic mass is 79.9. The van der Waals surface area contributed by atoms with Crippen LogP contribution in [-0.4, -0.2) is 29.7 Å². The molecule has 23 heavy (non-hydrogen) atoms. The second-order valence-electron chi connectivity index (χ2n) is 4.37. The minimum atomic E-state index is -4.40. The molecule has 0 aliphatic heterocycles. The number of hydrogen-bond acceptors (Lipinski definition) is 5. The zero-order valence-electron chi connectivity index (χ0n) is 11.1. The van der Waals surface area contributed by atoms with Crippen molar-refractivity contribution in [3.63, 3.8) is 0 Å². The molecule has 0 saturated heterocycles. The molecule has 0 spiro atoms. The number of rotatable bonds is 4. The van der Waals surface area contributed by atoms with E-state index < -0.39 is 49.5 Å². The van der Waals surface area contributed by atoms with E-state index in [0.717, 1.165) is 12.1 Å². The van der Waals surface area contributed by atoms with Crippen molar-refractivity contribution < 1.29 is 32.9 Å². The Bertz CT molecular complexity index is 900. The Morgan fingerprint density at radius 1 is 1.17 bits per heavy atom. The Labute approximate surface area is 138 Å². The van der Waals surface area contributed by atoms with Crippen molar-refractivity contribution in [3.05, 3.63) is 46.2 Å². The predicted octanol–water partition coefficient (Wildman–Crippen LogP) is 2.50. The quantitative estimate of drug-likeness (QED) is 0.579. The lowest BCUT2D eigenvalue weighted by Crippen LogP contribution is -2.14. The molecule has 0 aliphatic rings. The molecule has 2 aromatic carbocycles. The fourth-order valence-corrected chi connectivity index (χ4v) is 3.44. The number of benzene rings is 2. The highest BCUT2D eigenvalue weighted by Crippen LogP contribution is 2.33. The van der Waals surface area contributed by atoms with Crippen molar-refractivity contribution in [2.45, 2.75) is 4.90 Å². The van der Waals surface area contributed by atoms with E-state index in [4.69, 9.17) is 5.11 Å². The number of nitrogens with one attached hydrogen (secondary N) is 1. The summed E-state index contributed by atoms with van der Waals surface area (Å²) in [6, 6.07) is 4.77. The number of halogens is 2. The first kappa shape index (κ1) is 17.0. The summed E-state index contributed by atoms with van der Waals surface area (Å²) in [6.07, 6.45) is 0. The third kappa shape index (κ3) is 3.54. The summed E-state index contributed by atoms with van der Waals surface area (Å²) >= 11 is 3.04. The van der Waals surface area contributed by atoms with Crippen LogP contribution in [0.1, 0.15) is 10.4 Å². The minimum absolute atomic E-state index is 0.352. The van der Waals surface area contributed by atoms with Crippen LogP contribution in [0.4, 0.5) is 10.1 Å². The molecule has 0 heterocycles. The summed E-state index contributed by atoms with van der Waals surface area (Å²) in [5.74, 6) is -4.21. The zero-order valence-corrected chi connectivity index (χ0v) is 13.5. The predicted molar refractivity (Wildman–Crippen MR) is 81.6 cm³/mol. The number of anilines is 1. The lowest BCUT2D eigenvalue weighted by molar-refractivity contribution is 0.0693. The summed E-state index contributed by atoms with van der Waals surface area (Å²) < 4.78 is 40.1. The van der Waals surface area contributed by atoms with Crippen LogP contribution < -0.4 is 4.72 Å². The van der Waals surface area contributed by atoms with Crippen molar-refractivity contribution in [1.29, 1.82) is 0 Å². The van der Waals surface area contributed by atoms with E-state index in [1.165, 1.54) is 6.07 Å². The molecule has 0 atom stereocenters. The van der Waals surface area contributed by atoms with Gasteiger partial charge in [0.25, 0.3) is 10.0 Å². The molecule has 0 unspecified atom stereocenters. The maximum absolute atomic E-state index is 13.4. The van der Waals surface area contributed by atoms with Crippen molar-refractivity contribution >= 4 is 37.6 Å². The van der Waals surface area contributed by atoms with Gasteiger partial charge in [-0.15, -0.1) is 0 Å². The van der Waals surface area contributed by atoms with Crippen LogP contribution in [-0.2, 0) is 10.0 Å². The van der Waals surface area contributed by atoms with Crippen molar-refractivity contribution in [3.8, 4) is 11.5 Å². The molecule has 0 saturated carbocycles. The van der Waals surface area contributed by atoms with E-state index in [9.17, 15) is 27.8 Å². The van der Waals surface area contributed by atoms with Crippen molar-refractivity contribution in [1.82, 2.24) is 0 Å². The molecule has 0 aromatic heterocycles. The smallest absolute Gasteiger partial charge is 0.339 e. The van der Waals surface area contributed by atoms with Crippen molar-refractivity contribution in [2.24, 2.45) is 0 Å². The van der Waals surface area contributed by atoms with Crippen LogP contribution >= 0.6 is 15.9 Å². The number of phenolic OH excluding ortho intramolecular Hbond substituents is 1. The van der Waals surface area contributed by atoms with Gasteiger partial charge in [-0.05, 0) is 24.3 Å². The molecule has 0 amide bonds. The van der Waals surface area contributed by atoms with Gasteiger partial charge in [0.1, 0.15) is 22.0 Å². The van der Waals surface area contributed by atoms with Gasteiger partial charge in [0.15, 0.2) is 5.75 Å². The van der Waals surface area contributed by atoms with Crippen LogP contribution in [0.25, 0.3) is 0 Å². The lowest BCUT2D eigenvalue weighted by atomic mass is 10.1. The van der Waals surface area contributed by atoms with Gasteiger partial charge in [0, 0.05) is 10.5 Å². The first-order chi connectivity index (χ1) is 10.6. The molecule has 2 rings (SSSR count). The van der Waals surface area contributed by atoms with Gasteiger partial charge in [0.05, 0.1) is 5.69 Å². The maximum Gasteiger partial charge on any atom is 0.339 e. The van der Waals surface area contributed by atoms with Gasteiger partial charge >= 0.3 is 5.97 Å². The number of carboxylic acid groups (broad SMARTS) is 1. The third-order valence-electron chi connectivity index (χ3n) is 2.76. The summed E-state index contributed by atoms with van der Waals surface area (Å²) in [7, 11) is -4.40. The lowest BCUT2D eigenvalue weighted by Gasteiger charge is -2.12. The SMILES string of the molecule is O=C(O)c1cc(F)cc(NS(=O)(=O)c2cc(Br)ccc2O)c1O. The average molecular weight is 406 g/mol. The van der Waals surface area contributed by atoms with Gasteiger partial charge in [0.2, 0.25) is 0 Å². The normalized spacial score (nSPS) is 11.2. The van der Waals surface area contributed by atoms with Crippen LogP contribution in [0.5, 0.6) is 11.5 Å². The zero-order chi connectivity index (χ0) is 17.4. The first-order valence-electron chi connectivity index (χ1n) is 5.89. The number of sulfonamides is 1. The van der Waals surface area contributed by atoms with Gasteiger partial charge in [-0.25, -0.2) is 17.6 Å². The highest BCUT2D eigenvalue weighted by Gasteiger charge is 2.23. The number of aromatic carboxylic acids is 1. The van der Waals surface area contributed by atoms with Crippen LogP contribution in [0.15, 0.2) is 39.7 Å². The van der Waals surface area contributed by atoms with Gasteiger partial charge in [-0.1, -0.05) is 15.9 Å². The molecular formula is C13H9BrFNO6S. The van der Waals surface area contributed by atoms with Gasteiger partial charge in [-0.2, -0.15) is 0 Å². The number of aromatic hydroxyl groups is 2. The summed E-state index contributed by atoms with van der Waals surface area (Å²) in [5, 5.41) is 28.3. The summed E-state index contributed by atoms with van der Waals surface area (Å²) in [5.41, 5.74) is -1.47. The van der Waals surface area contributed by atoms with E-state index in [1.807, 2.05) is 4.72 Å². The molecule has 0 bridgehead atoms. The van der Waals surface area contributed by atoms with Crippen LogP contribution in [0.2, 0.25) is 0 Å². The Morgan fingerprint density at radius 3 is 2.43 bits per heavy atom. The molecule has 0 radical (unpaired) electrons. The molecule has 10 heteroatoms. The monoisotopic (exact) mass is 405 g/mol. The first-order valence-corrected chi connectivity index (χ1v) is 8.16. The minimum Gasteiger partial charge on any atom is -0.507 e. The molecule has 0 fully saturated rings. The van der Waals surface area contributed by atoms with Gasteiger partial charge in [-0.3, -0.25) is 4.72 Å².